The third-order valence-corrected chi connectivity index (χ3v) is 4.22. The summed E-state index contributed by atoms with van der Waals surface area (Å²) in [5.41, 5.74) is 2.41. The van der Waals surface area contributed by atoms with Crippen LogP contribution in [0.2, 0.25) is 5.02 Å². The maximum Gasteiger partial charge on any atom is 0.331 e. The van der Waals surface area contributed by atoms with Crippen molar-refractivity contribution in [2.24, 2.45) is 0 Å². The van der Waals surface area contributed by atoms with Crippen molar-refractivity contribution in [1.82, 2.24) is 15.1 Å². The van der Waals surface area contributed by atoms with Crippen LogP contribution in [-0.2, 0) is 16.1 Å². The molecule has 138 valence electrons. The molecule has 0 spiro atoms. The highest BCUT2D eigenvalue weighted by Crippen LogP contribution is 2.19. The number of carbonyl (C=O) groups excluding carboxylic acids is 1. The Hall–Kier alpha value is -3.51. The molecule has 2 aromatic carbocycles. The average molecular weight is 392 g/mol. The molecule has 0 radical (unpaired) electrons. The van der Waals surface area contributed by atoms with E-state index in [1.807, 2.05) is 30.3 Å². The van der Waals surface area contributed by atoms with Crippen LogP contribution < -0.4 is 0 Å². The van der Waals surface area contributed by atoms with E-state index in [0.29, 0.717) is 10.8 Å². The maximum atomic E-state index is 12.0. The first-order chi connectivity index (χ1) is 13.7. The number of halogens is 1. The minimum absolute atomic E-state index is 0.114. The van der Waals surface area contributed by atoms with E-state index in [4.69, 9.17) is 20.9 Å². The van der Waals surface area contributed by atoms with Gasteiger partial charge < -0.3 is 9.26 Å². The van der Waals surface area contributed by atoms with Gasteiger partial charge in [-0.05, 0) is 36.4 Å². The van der Waals surface area contributed by atoms with Gasteiger partial charge in [-0.15, -0.1) is 0 Å². The molecule has 7 heteroatoms. The number of fused-ring (bicyclic) bond motifs is 1. The van der Waals surface area contributed by atoms with Crippen LogP contribution in [-0.4, -0.2) is 21.1 Å². The van der Waals surface area contributed by atoms with Crippen LogP contribution >= 0.6 is 11.6 Å². The van der Waals surface area contributed by atoms with E-state index in [1.54, 1.807) is 36.5 Å². The molecule has 0 bridgehead atoms. The fourth-order valence-corrected chi connectivity index (χ4v) is 2.76. The molecular weight excluding hydrogens is 378 g/mol. The predicted molar refractivity (Wildman–Crippen MR) is 105 cm³/mol. The van der Waals surface area contributed by atoms with Crippen molar-refractivity contribution in [3.8, 4) is 11.4 Å². The summed E-state index contributed by atoms with van der Waals surface area (Å²) in [6, 6.07) is 16.6. The zero-order chi connectivity index (χ0) is 19.3. The fraction of sp³-hybridized carbons (Fsp3) is 0.0476. The van der Waals surface area contributed by atoms with E-state index in [2.05, 4.69) is 15.1 Å². The molecule has 4 aromatic rings. The van der Waals surface area contributed by atoms with Crippen LogP contribution in [0.1, 0.15) is 11.5 Å². The number of hydrogen-bond acceptors (Lipinski definition) is 6. The van der Waals surface area contributed by atoms with E-state index in [-0.39, 0.29) is 12.5 Å². The van der Waals surface area contributed by atoms with Gasteiger partial charge in [0.15, 0.2) is 6.61 Å². The quantitative estimate of drug-likeness (QED) is 0.362. The van der Waals surface area contributed by atoms with Gasteiger partial charge in [-0.3, -0.25) is 4.98 Å². The number of carbonyl (C=O) groups is 1. The number of benzene rings is 2. The topological polar surface area (TPSA) is 78.1 Å². The lowest BCUT2D eigenvalue weighted by Gasteiger charge is -2.00. The molecule has 2 aromatic heterocycles. The Morgan fingerprint density at radius 1 is 1.11 bits per heavy atom. The standard InChI is InChI=1S/C21H14ClN3O3/c22-17-9-6-16(7-10-17)21-24-18(28-25-21)13-27-19(26)11-8-15-4-1-3-14-5-2-12-23-20(14)15/h1-12H,13H2/b11-8+. The summed E-state index contributed by atoms with van der Waals surface area (Å²) in [4.78, 5) is 20.6. The van der Waals surface area contributed by atoms with E-state index in [1.165, 1.54) is 6.08 Å². The molecule has 0 aliphatic carbocycles. The normalized spacial score (nSPS) is 11.2. The smallest absolute Gasteiger partial charge is 0.331 e. The SMILES string of the molecule is O=C(/C=C/c1cccc2cccnc12)OCc1nc(-c2ccc(Cl)cc2)no1. The van der Waals surface area contributed by atoms with Crippen molar-refractivity contribution in [1.29, 1.82) is 0 Å². The molecule has 0 saturated heterocycles. The summed E-state index contributed by atoms with van der Waals surface area (Å²) in [7, 11) is 0. The Morgan fingerprint density at radius 3 is 2.79 bits per heavy atom. The average Bonchev–Trinajstić information content (AvgIpc) is 3.20. The number of hydrogen-bond donors (Lipinski definition) is 0. The second-order valence-electron chi connectivity index (χ2n) is 5.88. The van der Waals surface area contributed by atoms with Crippen LogP contribution in [0, 0.1) is 0 Å². The van der Waals surface area contributed by atoms with Gasteiger partial charge in [-0.2, -0.15) is 4.98 Å². The van der Waals surface area contributed by atoms with Crippen LogP contribution in [0.15, 0.2) is 71.4 Å². The van der Waals surface area contributed by atoms with Crippen molar-refractivity contribution in [2.45, 2.75) is 6.61 Å². The number of para-hydroxylation sites is 1. The van der Waals surface area contributed by atoms with E-state index < -0.39 is 5.97 Å². The Bertz CT molecular complexity index is 1150. The zero-order valence-electron chi connectivity index (χ0n) is 14.6. The van der Waals surface area contributed by atoms with E-state index >= 15 is 0 Å². The molecule has 4 rings (SSSR count). The van der Waals surface area contributed by atoms with E-state index in [0.717, 1.165) is 22.0 Å². The molecule has 0 amide bonds. The number of ether oxygens (including phenoxy) is 1. The summed E-state index contributed by atoms with van der Waals surface area (Å²) in [5.74, 6) is 0.0952. The Labute approximate surface area is 165 Å². The van der Waals surface area contributed by atoms with Crippen molar-refractivity contribution in [3.63, 3.8) is 0 Å². The van der Waals surface area contributed by atoms with Gasteiger partial charge in [0, 0.05) is 33.8 Å². The molecule has 28 heavy (non-hydrogen) atoms. The summed E-state index contributed by atoms with van der Waals surface area (Å²) >= 11 is 5.86. The van der Waals surface area contributed by atoms with Crippen LogP contribution in [0.5, 0.6) is 0 Å². The second kappa shape index (κ2) is 8.02. The number of esters is 1. The molecule has 0 atom stereocenters. The zero-order valence-corrected chi connectivity index (χ0v) is 15.3. The van der Waals surface area contributed by atoms with Gasteiger partial charge in [0.05, 0.1) is 5.52 Å². The van der Waals surface area contributed by atoms with Gasteiger partial charge >= 0.3 is 5.97 Å². The minimum atomic E-state index is -0.515. The summed E-state index contributed by atoms with van der Waals surface area (Å²) in [6.07, 6.45) is 4.73. The fourth-order valence-electron chi connectivity index (χ4n) is 2.63. The minimum Gasteiger partial charge on any atom is -0.452 e. The third-order valence-electron chi connectivity index (χ3n) is 3.97. The highest BCUT2D eigenvalue weighted by Gasteiger charge is 2.10. The summed E-state index contributed by atoms with van der Waals surface area (Å²) < 4.78 is 10.3. The van der Waals surface area contributed by atoms with Gasteiger partial charge in [0.1, 0.15) is 0 Å². The van der Waals surface area contributed by atoms with Crippen LogP contribution in [0.25, 0.3) is 28.4 Å². The number of nitrogens with zero attached hydrogens (tertiary/aromatic N) is 3. The lowest BCUT2D eigenvalue weighted by Crippen LogP contribution is -2.01. The first kappa shape index (κ1) is 17.9. The van der Waals surface area contributed by atoms with Gasteiger partial charge in [0.2, 0.25) is 5.82 Å². The van der Waals surface area contributed by atoms with Gasteiger partial charge in [-0.1, -0.05) is 41.0 Å². The maximum absolute atomic E-state index is 12.0. The number of pyridine rings is 1. The third kappa shape index (κ3) is 4.07. The number of rotatable bonds is 5. The molecule has 0 N–H and O–H groups in total. The van der Waals surface area contributed by atoms with Crippen LogP contribution in [0.4, 0.5) is 0 Å². The molecule has 2 heterocycles. The van der Waals surface area contributed by atoms with E-state index in [9.17, 15) is 4.79 Å². The predicted octanol–water partition coefficient (Wildman–Crippen LogP) is 4.69. The first-order valence-electron chi connectivity index (χ1n) is 8.46. The van der Waals surface area contributed by atoms with Crippen LogP contribution in [0.3, 0.4) is 0 Å². The second-order valence-corrected chi connectivity index (χ2v) is 6.32. The molecule has 0 aliphatic rings. The molecule has 6 nitrogen and oxygen atoms in total. The monoisotopic (exact) mass is 391 g/mol. The van der Waals surface area contributed by atoms with Gasteiger partial charge in [-0.25, -0.2) is 4.79 Å². The summed E-state index contributed by atoms with van der Waals surface area (Å²) in [5, 5.41) is 5.49. The van der Waals surface area contributed by atoms with Gasteiger partial charge in [0.25, 0.3) is 5.89 Å². The molecule has 0 saturated carbocycles. The number of aromatic nitrogens is 3. The molecule has 0 aliphatic heterocycles. The highest BCUT2D eigenvalue weighted by atomic mass is 35.5. The van der Waals surface area contributed by atoms with Crippen molar-refractivity contribution < 1.29 is 14.1 Å². The summed E-state index contributed by atoms with van der Waals surface area (Å²) in [6.45, 7) is -0.114. The van der Waals surface area contributed by atoms with Crippen molar-refractivity contribution >= 4 is 34.5 Å². The van der Waals surface area contributed by atoms with Crippen molar-refractivity contribution in [2.75, 3.05) is 0 Å². The Kier molecular flexibility index (Phi) is 5.12. The lowest BCUT2D eigenvalue weighted by atomic mass is 10.1. The molecule has 0 unspecified atom stereocenters. The molecule has 0 fully saturated rings. The highest BCUT2D eigenvalue weighted by molar-refractivity contribution is 6.30. The lowest BCUT2D eigenvalue weighted by molar-refractivity contribution is -0.139. The molecular formula is C21H14ClN3O3. The Morgan fingerprint density at radius 2 is 1.93 bits per heavy atom. The first-order valence-corrected chi connectivity index (χ1v) is 8.84. The largest absolute Gasteiger partial charge is 0.452 e. The Balaban J connectivity index is 1.39. The van der Waals surface area contributed by atoms with Crippen molar-refractivity contribution in [3.05, 3.63) is 83.3 Å².